The smallest absolute Gasteiger partial charge is 0.262 e. The molecule has 2 N–H and O–H groups in total. The number of carbonyl (C=O) groups excluding carboxylic acids is 3. The van der Waals surface area contributed by atoms with Crippen LogP contribution in [0, 0.1) is 5.92 Å². The Hall–Kier alpha value is -2.67. The minimum Gasteiger partial charge on any atom is -0.339 e. The average molecular weight is 402 g/mol. The molecule has 3 amide bonds. The summed E-state index contributed by atoms with van der Waals surface area (Å²) >= 11 is 1.33. The fourth-order valence-corrected chi connectivity index (χ4v) is 3.39. The molecule has 0 saturated carbocycles. The molecule has 0 fully saturated rings. The monoisotopic (exact) mass is 401 g/mol. The largest absolute Gasteiger partial charge is 0.339 e. The van der Waals surface area contributed by atoms with Crippen molar-refractivity contribution in [1.82, 2.24) is 10.2 Å². The van der Waals surface area contributed by atoms with Crippen LogP contribution in [0.5, 0.6) is 0 Å². The van der Waals surface area contributed by atoms with E-state index in [0.717, 1.165) is 0 Å². The highest BCUT2D eigenvalue weighted by atomic mass is 32.1. The van der Waals surface area contributed by atoms with Crippen LogP contribution in [0.2, 0.25) is 0 Å². The van der Waals surface area contributed by atoms with Gasteiger partial charge in [0.05, 0.1) is 4.88 Å². The number of benzene rings is 1. The molecule has 0 aliphatic heterocycles. The molecule has 7 heteroatoms. The van der Waals surface area contributed by atoms with Crippen molar-refractivity contribution in [2.75, 3.05) is 18.4 Å². The van der Waals surface area contributed by atoms with E-state index in [-0.39, 0.29) is 23.6 Å². The van der Waals surface area contributed by atoms with Crippen molar-refractivity contribution in [1.29, 1.82) is 0 Å². The first-order valence-electron chi connectivity index (χ1n) is 9.41. The fourth-order valence-electron chi connectivity index (χ4n) is 2.76. The van der Waals surface area contributed by atoms with E-state index in [4.69, 9.17) is 0 Å². The number of rotatable bonds is 8. The Morgan fingerprint density at radius 2 is 1.68 bits per heavy atom. The van der Waals surface area contributed by atoms with Crippen LogP contribution in [0.1, 0.15) is 47.7 Å². The second kappa shape index (κ2) is 10.0. The number of hydrogen-bond donors (Lipinski definition) is 2. The minimum absolute atomic E-state index is 0.0360. The standard InChI is InChI=1S/C21H27N3O3S/c1-5-24(6-2)21(27)15-9-11-16(12-10-15)22-20(26)18(14(3)4)23-19(25)17-8-7-13-28-17/h7-14,18H,5-6H2,1-4H3,(H,22,26)(H,23,25)/t18-/m0/s1. The van der Waals surface area contributed by atoms with Gasteiger partial charge in [0.25, 0.3) is 11.8 Å². The lowest BCUT2D eigenvalue weighted by molar-refractivity contribution is -0.118. The second-order valence-electron chi connectivity index (χ2n) is 6.72. The van der Waals surface area contributed by atoms with Gasteiger partial charge in [0.15, 0.2) is 0 Å². The molecule has 1 heterocycles. The topological polar surface area (TPSA) is 78.5 Å². The van der Waals surface area contributed by atoms with E-state index in [9.17, 15) is 14.4 Å². The fraction of sp³-hybridized carbons (Fsp3) is 0.381. The van der Waals surface area contributed by atoms with Crippen molar-refractivity contribution in [3.8, 4) is 0 Å². The Bertz CT molecular complexity index is 797. The quantitative estimate of drug-likeness (QED) is 0.709. The third-order valence-electron chi connectivity index (χ3n) is 4.43. The zero-order valence-electron chi connectivity index (χ0n) is 16.7. The Balaban J connectivity index is 2.05. The number of carbonyl (C=O) groups is 3. The van der Waals surface area contributed by atoms with Gasteiger partial charge in [-0.05, 0) is 55.5 Å². The lowest BCUT2D eigenvalue weighted by Gasteiger charge is -2.22. The number of hydrogen-bond acceptors (Lipinski definition) is 4. The predicted octanol–water partition coefficient (Wildman–Crippen LogP) is 3.62. The molecule has 1 aromatic heterocycles. The molecule has 0 spiro atoms. The van der Waals surface area contributed by atoms with E-state index >= 15 is 0 Å². The van der Waals surface area contributed by atoms with Gasteiger partial charge in [-0.25, -0.2) is 0 Å². The highest BCUT2D eigenvalue weighted by Gasteiger charge is 2.25. The van der Waals surface area contributed by atoms with Crippen LogP contribution in [-0.2, 0) is 4.79 Å². The van der Waals surface area contributed by atoms with Crippen LogP contribution in [0.4, 0.5) is 5.69 Å². The molecule has 0 radical (unpaired) electrons. The van der Waals surface area contributed by atoms with Crippen LogP contribution in [0.25, 0.3) is 0 Å². The van der Waals surface area contributed by atoms with Gasteiger partial charge in [0, 0.05) is 24.3 Å². The summed E-state index contributed by atoms with van der Waals surface area (Å²) in [7, 11) is 0. The average Bonchev–Trinajstić information content (AvgIpc) is 3.22. The Morgan fingerprint density at radius 1 is 1.04 bits per heavy atom. The first-order chi connectivity index (χ1) is 13.4. The van der Waals surface area contributed by atoms with Crippen molar-refractivity contribution in [2.45, 2.75) is 33.7 Å². The summed E-state index contributed by atoms with van der Waals surface area (Å²) in [5.74, 6) is -0.662. The van der Waals surface area contributed by atoms with Gasteiger partial charge < -0.3 is 15.5 Å². The predicted molar refractivity (Wildman–Crippen MR) is 113 cm³/mol. The van der Waals surface area contributed by atoms with Crippen molar-refractivity contribution in [2.24, 2.45) is 5.92 Å². The van der Waals surface area contributed by atoms with Gasteiger partial charge in [-0.1, -0.05) is 19.9 Å². The second-order valence-corrected chi connectivity index (χ2v) is 7.66. The molecule has 0 unspecified atom stereocenters. The summed E-state index contributed by atoms with van der Waals surface area (Å²) < 4.78 is 0. The van der Waals surface area contributed by atoms with E-state index in [1.807, 2.05) is 33.1 Å². The molecular weight excluding hydrogens is 374 g/mol. The molecule has 1 aromatic carbocycles. The van der Waals surface area contributed by atoms with Gasteiger partial charge in [0.2, 0.25) is 5.91 Å². The van der Waals surface area contributed by atoms with E-state index in [1.165, 1.54) is 11.3 Å². The minimum atomic E-state index is -0.661. The lowest BCUT2D eigenvalue weighted by Crippen LogP contribution is -2.46. The molecular formula is C21H27N3O3S. The molecule has 0 bridgehead atoms. The zero-order valence-corrected chi connectivity index (χ0v) is 17.5. The number of anilines is 1. The third kappa shape index (κ3) is 5.42. The van der Waals surface area contributed by atoms with E-state index in [1.54, 1.807) is 41.3 Å². The molecule has 0 aliphatic rings. The Morgan fingerprint density at radius 3 is 2.18 bits per heavy atom. The molecule has 1 atom stereocenters. The zero-order chi connectivity index (χ0) is 20.7. The van der Waals surface area contributed by atoms with Crippen LogP contribution in [0.15, 0.2) is 41.8 Å². The summed E-state index contributed by atoms with van der Waals surface area (Å²) in [6.07, 6.45) is 0. The highest BCUT2D eigenvalue weighted by molar-refractivity contribution is 7.12. The lowest BCUT2D eigenvalue weighted by atomic mass is 10.0. The first kappa shape index (κ1) is 21.6. The summed E-state index contributed by atoms with van der Waals surface area (Å²) in [6.45, 7) is 8.93. The van der Waals surface area contributed by atoms with Crippen molar-refractivity contribution in [3.63, 3.8) is 0 Å². The summed E-state index contributed by atoms with van der Waals surface area (Å²) in [5, 5.41) is 7.44. The van der Waals surface area contributed by atoms with E-state index in [2.05, 4.69) is 10.6 Å². The molecule has 6 nitrogen and oxygen atoms in total. The highest BCUT2D eigenvalue weighted by Crippen LogP contribution is 2.15. The van der Waals surface area contributed by atoms with Crippen LogP contribution < -0.4 is 10.6 Å². The van der Waals surface area contributed by atoms with E-state index < -0.39 is 6.04 Å². The number of amides is 3. The van der Waals surface area contributed by atoms with Crippen LogP contribution in [0.3, 0.4) is 0 Å². The van der Waals surface area contributed by atoms with Crippen molar-refractivity contribution >= 4 is 34.7 Å². The van der Waals surface area contributed by atoms with Gasteiger partial charge in [-0.2, -0.15) is 0 Å². The van der Waals surface area contributed by atoms with Crippen molar-refractivity contribution < 1.29 is 14.4 Å². The third-order valence-corrected chi connectivity index (χ3v) is 5.30. The molecule has 2 aromatic rings. The van der Waals surface area contributed by atoms with E-state index in [0.29, 0.717) is 29.2 Å². The number of thiophene rings is 1. The van der Waals surface area contributed by atoms with Gasteiger partial charge in [-0.15, -0.1) is 11.3 Å². The number of nitrogens with one attached hydrogen (secondary N) is 2. The maximum atomic E-state index is 12.7. The molecule has 28 heavy (non-hydrogen) atoms. The summed E-state index contributed by atoms with van der Waals surface area (Å²) in [4.78, 5) is 39.6. The summed E-state index contributed by atoms with van der Waals surface area (Å²) in [5.41, 5.74) is 1.16. The van der Waals surface area contributed by atoms with Gasteiger partial charge >= 0.3 is 0 Å². The molecule has 2 rings (SSSR count). The summed E-state index contributed by atoms with van der Waals surface area (Å²) in [6, 6.07) is 9.66. The Kier molecular flexibility index (Phi) is 7.75. The number of nitrogens with zero attached hydrogens (tertiary/aromatic N) is 1. The van der Waals surface area contributed by atoms with Crippen LogP contribution in [-0.4, -0.2) is 41.8 Å². The molecule has 0 saturated heterocycles. The first-order valence-corrected chi connectivity index (χ1v) is 10.3. The molecule has 0 aliphatic carbocycles. The van der Waals surface area contributed by atoms with Crippen LogP contribution >= 0.6 is 11.3 Å². The maximum Gasteiger partial charge on any atom is 0.262 e. The SMILES string of the molecule is CCN(CC)C(=O)c1ccc(NC(=O)[C@@H](NC(=O)c2cccs2)C(C)C)cc1. The van der Waals surface area contributed by atoms with Crippen molar-refractivity contribution in [3.05, 3.63) is 52.2 Å². The normalized spacial score (nSPS) is 11.8. The maximum absolute atomic E-state index is 12.7. The molecule has 150 valence electrons. The Labute approximate surface area is 169 Å². The van der Waals surface area contributed by atoms with Gasteiger partial charge in [0.1, 0.15) is 6.04 Å². The van der Waals surface area contributed by atoms with Gasteiger partial charge in [-0.3, -0.25) is 14.4 Å².